The van der Waals surface area contributed by atoms with Crippen molar-refractivity contribution < 1.29 is 4.79 Å². The van der Waals surface area contributed by atoms with E-state index in [9.17, 15) is 4.79 Å². The van der Waals surface area contributed by atoms with E-state index in [2.05, 4.69) is 20.3 Å². The van der Waals surface area contributed by atoms with Gasteiger partial charge in [0.25, 0.3) is 5.91 Å². The maximum atomic E-state index is 12.4. The van der Waals surface area contributed by atoms with Gasteiger partial charge >= 0.3 is 0 Å². The van der Waals surface area contributed by atoms with Crippen LogP contribution >= 0.6 is 0 Å². The minimum atomic E-state index is 0.0675. The lowest BCUT2D eigenvalue weighted by Crippen LogP contribution is -2.30. The molecule has 0 aliphatic carbocycles. The summed E-state index contributed by atoms with van der Waals surface area (Å²) in [6.45, 7) is 7.97. The molecule has 3 rings (SSSR count). The van der Waals surface area contributed by atoms with E-state index in [1.54, 1.807) is 12.4 Å². The molecule has 1 aromatic carbocycles. The molecule has 28 heavy (non-hydrogen) atoms. The first-order valence-electron chi connectivity index (χ1n) is 9.49. The fourth-order valence-electron chi connectivity index (χ4n) is 2.94. The largest absolute Gasteiger partial charge is 0.366 e. The average molecular weight is 375 g/mol. The standard InChI is InChI=1S/C22H25N5O/c1-4-27(5-2)22(28)19-8-6-17(7-9-19)15-24-20-14-16(3)25-21(26-20)18-10-12-23-13-11-18/h6-14H,4-5,15H2,1-3H3,(H,24,25,26). The molecule has 0 saturated carbocycles. The summed E-state index contributed by atoms with van der Waals surface area (Å²) >= 11 is 0. The number of aryl methyl sites for hydroxylation is 1. The minimum Gasteiger partial charge on any atom is -0.366 e. The van der Waals surface area contributed by atoms with Gasteiger partial charge in [-0.25, -0.2) is 9.97 Å². The maximum Gasteiger partial charge on any atom is 0.253 e. The van der Waals surface area contributed by atoms with Gasteiger partial charge in [-0.1, -0.05) is 12.1 Å². The van der Waals surface area contributed by atoms with Gasteiger partial charge in [0.15, 0.2) is 5.82 Å². The summed E-state index contributed by atoms with van der Waals surface area (Å²) in [5.41, 5.74) is 3.62. The first-order chi connectivity index (χ1) is 13.6. The Morgan fingerprint density at radius 3 is 2.32 bits per heavy atom. The summed E-state index contributed by atoms with van der Waals surface area (Å²) in [5, 5.41) is 3.34. The van der Waals surface area contributed by atoms with Crippen LogP contribution in [0, 0.1) is 6.92 Å². The molecule has 0 fully saturated rings. The minimum absolute atomic E-state index is 0.0675. The van der Waals surface area contributed by atoms with E-state index >= 15 is 0 Å². The molecule has 0 radical (unpaired) electrons. The van der Waals surface area contributed by atoms with Crippen molar-refractivity contribution in [1.82, 2.24) is 19.9 Å². The monoisotopic (exact) mass is 375 g/mol. The number of anilines is 1. The second kappa shape index (κ2) is 9.08. The van der Waals surface area contributed by atoms with Crippen molar-refractivity contribution >= 4 is 11.7 Å². The third kappa shape index (κ3) is 4.71. The predicted octanol–water partition coefficient (Wildman–Crippen LogP) is 3.94. The number of amides is 1. The number of pyridine rings is 1. The molecule has 1 amide bonds. The lowest BCUT2D eigenvalue weighted by atomic mass is 10.1. The van der Waals surface area contributed by atoms with Crippen LogP contribution in [0.15, 0.2) is 54.9 Å². The number of hydrogen-bond acceptors (Lipinski definition) is 5. The van der Waals surface area contributed by atoms with E-state index < -0.39 is 0 Å². The quantitative estimate of drug-likeness (QED) is 0.677. The van der Waals surface area contributed by atoms with E-state index in [1.807, 2.05) is 68.1 Å². The summed E-state index contributed by atoms with van der Waals surface area (Å²) in [6, 6.07) is 13.4. The summed E-state index contributed by atoms with van der Waals surface area (Å²) in [4.78, 5) is 27.3. The van der Waals surface area contributed by atoms with Crippen LogP contribution in [0.3, 0.4) is 0 Å². The molecule has 0 spiro atoms. The van der Waals surface area contributed by atoms with Gasteiger partial charge in [-0.05, 0) is 50.6 Å². The molecule has 3 aromatic rings. The molecular formula is C22H25N5O. The van der Waals surface area contributed by atoms with Crippen molar-refractivity contribution in [2.45, 2.75) is 27.3 Å². The zero-order chi connectivity index (χ0) is 19.9. The Kier molecular flexibility index (Phi) is 6.32. The normalized spacial score (nSPS) is 10.5. The molecule has 0 atom stereocenters. The number of nitrogens with one attached hydrogen (secondary N) is 1. The summed E-state index contributed by atoms with van der Waals surface area (Å²) in [6.07, 6.45) is 3.46. The highest BCUT2D eigenvalue weighted by molar-refractivity contribution is 5.94. The molecule has 144 valence electrons. The lowest BCUT2D eigenvalue weighted by molar-refractivity contribution is 0.0773. The van der Waals surface area contributed by atoms with Gasteiger partial charge in [0, 0.05) is 54.9 Å². The SMILES string of the molecule is CCN(CC)C(=O)c1ccc(CNc2cc(C)nc(-c3ccncc3)n2)cc1. The van der Waals surface area contributed by atoms with Gasteiger partial charge in [0.05, 0.1) is 0 Å². The molecule has 6 heteroatoms. The molecule has 2 heterocycles. The molecule has 0 aliphatic heterocycles. The average Bonchev–Trinajstić information content (AvgIpc) is 2.73. The van der Waals surface area contributed by atoms with Crippen LogP contribution in [0.4, 0.5) is 5.82 Å². The van der Waals surface area contributed by atoms with Crippen LogP contribution < -0.4 is 5.32 Å². The van der Waals surface area contributed by atoms with Gasteiger partial charge in [0.2, 0.25) is 0 Å². The number of aromatic nitrogens is 3. The maximum absolute atomic E-state index is 12.4. The lowest BCUT2D eigenvalue weighted by Gasteiger charge is -2.18. The summed E-state index contributed by atoms with van der Waals surface area (Å²) in [5.74, 6) is 1.51. The van der Waals surface area contributed by atoms with E-state index in [1.165, 1.54) is 0 Å². The third-order valence-corrected chi connectivity index (χ3v) is 4.52. The molecule has 0 aliphatic rings. The fourth-order valence-corrected chi connectivity index (χ4v) is 2.94. The summed E-state index contributed by atoms with van der Waals surface area (Å²) in [7, 11) is 0. The number of nitrogens with zero attached hydrogens (tertiary/aromatic N) is 4. The van der Waals surface area contributed by atoms with Gasteiger partial charge in [0.1, 0.15) is 5.82 Å². The second-order valence-corrected chi connectivity index (χ2v) is 6.48. The van der Waals surface area contributed by atoms with Crippen molar-refractivity contribution in [3.05, 3.63) is 71.7 Å². The van der Waals surface area contributed by atoms with Crippen LogP contribution in [-0.4, -0.2) is 38.8 Å². The Morgan fingerprint density at radius 1 is 1.00 bits per heavy atom. The molecule has 1 N–H and O–H groups in total. The number of carbonyl (C=O) groups is 1. The number of rotatable bonds is 7. The topological polar surface area (TPSA) is 71.0 Å². The third-order valence-electron chi connectivity index (χ3n) is 4.52. The van der Waals surface area contributed by atoms with E-state index in [4.69, 9.17) is 0 Å². The van der Waals surface area contributed by atoms with Crippen molar-refractivity contribution in [2.24, 2.45) is 0 Å². The highest BCUT2D eigenvalue weighted by atomic mass is 16.2. The smallest absolute Gasteiger partial charge is 0.253 e. The zero-order valence-electron chi connectivity index (χ0n) is 16.5. The Bertz CT molecular complexity index is 921. The number of carbonyl (C=O) groups excluding carboxylic acids is 1. The molecule has 0 unspecified atom stereocenters. The highest BCUT2D eigenvalue weighted by Crippen LogP contribution is 2.17. The Hall–Kier alpha value is -3.28. The Labute approximate surface area is 165 Å². The Balaban J connectivity index is 1.69. The van der Waals surface area contributed by atoms with E-state index in [0.717, 1.165) is 22.6 Å². The van der Waals surface area contributed by atoms with E-state index in [-0.39, 0.29) is 5.91 Å². The van der Waals surface area contributed by atoms with Crippen molar-refractivity contribution in [1.29, 1.82) is 0 Å². The van der Waals surface area contributed by atoms with Crippen molar-refractivity contribution in [2.75, 3.05) is 18.4 Å². The molecule has 0 saturated heterocycles. The van der Waals surface area contributed by atoms with Crippen LogP contribution in [0.1, 0.15) is 35.5 Å². The van der Waals surface area contributed by atoms with Gasteiger partial charge in [-0.3, -0.25) is 9.78 Å². The molecular weight excluding hydrogens is 350 g/mol. The van der Waals surface area contributed by atoms with Gasteiger partial charge in [-0.15, -0.1) is 0 Å². The highest BCUT2D eigenvalue weighted by Gasteiger charge is 2.12. The summed E-state index contributed by atoms with van der Waals surface area (Å²) < 4.78 is 0. The number of hydrogen-bond donors (Lipinski definition) is 1. The number of benzene rings is 1. The molecule has 0 bridgehead atoms. The molecule has 6 nitrogen and oxygen atoms in total. The predicted molar refractivity (Wildman–Crippen MR) is 111 cm³/mol. The molecule has 2 aromatic heterocycles. The van der Waals surface area contributed by atoms with Gasteiger partial charge < -0.3 is 10.2 Å². The zero-order valence-corrected chi connectivity index (χ0v) is 16.5. The van der Waals surface area contributed by atoms with Crippen molar-refractivity contribution in [3.8, 4) is 11.4 Å². The second-order valence-electron chi connectivity index (χ2n) is 6.48. The van der Waals surface area contributed by atoms with E-state index in [0.29, 0.717) is 31.0 Å². The Morgan fingerprint density at radius 2 is 1.68 bits per heavy atom. The van der Waals surface area contributed by atoms with Crippen LogP contribution in [0.2, 0.25) is 0 Å². The first-order valence-corrected chi connectivity index (χ1v) is 9.49. The van der Waals surface area contributed by atoms with Crippen LogP contribution in [-0.2, 0) is 6.54 Å². The van der Waals surface area contributed by atoms with Crippen molar-refractivity contribution in [3.63, 3.8) is 0 Å². The van der Waals surface area contributed by atoms with Crippen LogP contribution in [0.5, 0.6) is 0 Å². The van der Waals surface area contributed by atoms with Crippen LogP contribution in [0.25, 0.3) is 11.4 Å². The first kappa shape index (κ1) is 19.5. The fraction of sp³-hybridized carbons (Fsp3) is 0.273. The van der Waals surface area contributed by atoms with Gasteiger partial charge in [-0.2, -0.15) is 0 Å².